The van der Waals surface area contributed by atoms with E-state index < -0.39 is 0 Å². The van der Waals surface area contributed by atoms with Gasteiger partial charge in [0.15, 0.2) is 0 Å². The fraction of sp³-hybridized carbons (Fsp3) is 0.571. The Labute approximate surface area is 74.8 Å². The highest BCUT2D eigenvalue weighted by Crippen LogP contribution is 2.13. The lowest BCUT2D eigenvalue weighted by molar-refractivity contribution is 0.590. The van der Waals surface area contributed by atoms with Gasteiger partial charge >= 0.3 is 0 Å². The molecule has 54 valence electrons. The first kappa shape index (κ1) is 7.86. The van der Waals surface area contributed by atoms with Gasteiger partial charge in [0, 0.05) is 17.3 Å². The molecule has 0 saturated heterocycles. The highest BCUT2D eigenvalue weighted by atomic mass is 127. The van der Waals surface area contributed by atoms with Gasteiger partial charge in [-0.25, -0.2) is 5.01 Å². The lowest BCUT2D eigenvalue weighted by Gasteiger charge is -1.94. The van der Waals surface area contributed by atoms with Crippen molar-refractivity contribution in [1.82, 2.24) is 5.01 Å². The molecule has 10 heavy (non-hydrogen) atoms. The minimum atomic E-state index is 0.816. The SMILES string of the molecule is C#CCCC1=NN1CCI. The first-order chi connectivity index (χ1) is 4.88. The van der Waals surface area contributed by atoms with E-state index in [-0.39, 0.29) is 0 Å². The van der Waals surface area contributed by atoms with Crippen LogP contribution in [0.2, 0.25) is 0 Å². The summed E-state index contributed by atoms with van der Waals surface area (Å²) in [6.07, 6.45) is 6.87. The largest absolute Gasteiger partial charge is 0.247 e. The second-order valence-corrected chi connectivity index (χ2v) is 3.11. The molecule has 0 aliphatic carbocycles. The van der Waals surface area contributed by atoms with Gasteiger partial charge in [0.05, 0.1) is 6.54 Å². The van der Waals surface area contributed by atoms with Gasteiger partial charge in [-0.1, -0.05) is 22.6 Å². The van der Waals surface area contributed by atoms with E-state index >= 15 is 0 Å². The molecule has 0 saturated carbocycles. The van der Waals surface area contributed by atoms with Crippen molar-refractivity contribution in [3.05, 3.63) is 0 Å². The molecule has 0 atom stereocenters. The third-order valence-electron chi connectivity index (χ3n) is 1.28. The van der Waals surface area contributed by atoms with Gasteiger partial charge in [0.2, 0.25) is 0 Å². The molecule has 0 N–H and O–H groups in total. The number of terminal acetylenes is 1. The summed E-state index contributed by atoms with van der Waals surface area (Å²) in [6, 6.07) is 0. The van der Waals surface area contributed by atoms with Crippen molar-refractivity contribution in [3.63, 3.8) is 0 Å². The average molecular weight is 248 g/mol. The Hall–Kier alpha value is -0.240. The predicted molar refractivity (Wildman–Crippen MR) is 51.1 cm³/mol. The fourth-order valence-electron chi connectivity index (χ4n) is 0.739. The third-order valence-corrected chi connectivity index (χ3v) is 1.77. The number of amidine groups is 1. The average Bonchev–Trinajstić information content (AvgIpc) is 2.65. The molecular formula is C7H9IN2. The van der Waals surface area contributed by atoms with Crippen LogP contribution in [0.15, 0.2) is 5.10 Å². The zero-order chi connectivity index (χ0) is 7.40. The van der Waals surface area contributed by atoms with Gasteiger partial charge in [-0.3, -0.25) is 0 Å². The molecule has 0 fully saturated rings. The molecular weight excluding hydrogens is 239 g/mol. The molecule has 1 heterocycles. The Morgan fingerprint density at radius 2 is 2.50 bits per heavy atom. The molecule has 0 amide bonds. The molecule has 3 heteroatoms. The summed E-state index contributed by atoms with van der Waals surface area (Å²) >= 11 is 2.34. The van der Waals surface area contributed by atoms with Crippen LogP contribution in [0.25, 0.3) is 0 Å². The Morgan fingerprint density at radius 1 is 1.70 bits per heavy atom. The van der Waals surface area contributed by atoms with Crippen LogP contribution in [0.3, 0.4) is 0 Å². The number of halogens is 1. The van der Waals surface area contributed by atoms with E-state index in [1.54, 1.807) is 0 Å². The summed E-state index contributed by atoms with van der Waals surface area (Å²) in [5.41, 5.74) is 0. The summed E-state index contributed by atoms with van der Waals surface area (Å²) in [6.45, 7) is 1.04. The number of rotatable bonds is 4. The van der Waals surface area contributed by atoms with Crippen molar-refractivity contribution in [1.29, 1.82) is 0 Å². The smallest absolute Gasteiger partial charge is 0.146 e. The summed E-state index contributed by atoms with van der Waals surface area (Å²) in [7, 11) is 0. The van der Waals surface area contributed by atoms with Crippen LogP contribution in [0.1, 0.15) is 12.8 Å². The van der Waals surface area contributed by atoms with Gasteiger partial charge in [-0.2, -0.15) is 5.10 Å². The number of hydrogen-bond donors (Lipinski definition) is 0. The van der Waals surface area contributed by atoms with Crippen LogP contribution in [0.5, 0.6) is 0 Å². The molecule has 2 nitrogen and oxygen atoms in total. The van der Waals surface area contributed by atoms with Crippen molar-refractivity contribution in [3.8, 4) is 12.3 Å². The monoisotopic (exact) mass is 248 g/mol. The lowest BCUT2D eigenvalue weighted by Crippen LogP contribution is -2.07. The maximum atomic E-state index is 5.10. The minimum absolute atomic E-state index is 0.816. The standard InChI is InChI=1S/C7H9IN2/c1-2-3-4-7-9-10(7)6-5-8/h1H,3-6H2. The zero-order valence-corrected chi connectivity index (χ0v) is 7.84. The molecule has 1 aliphatic heterocycles. The maximum Gasteiger partial charge on any atom is 0.146 e. The van der Waals surface area contributed by atoms with Gasteiger partial charge in [0.25, 0.3) is 0 Å². The van der Waals surface area contributed by atoms with E-state index in [1.807, 2.05) is 5.01 Å². The van der Waals surface area contributed by atoms with Crippen LogP contribution in [0, 0.1) is 12.3 Å². The van der Waals surface area contributed by atoms with E-state index in [0.717, 1.165) is 23.8 Å². The minimum Gasteiger partial charge on any atom is -0.247 e. The maximum absolute atomic E-state index is 5.10. The van der Waals surface area contributed by atoms with E-state index in [2.05, 4.69) is 33.6 Å². The van der Waals surface area contributed by atoms with Gasteiger partial charge in [-0.15, -0.1) is 12.3 Å². The normalized spacial score (nSPS) is 14.4. The zero-order valence-electron chi connectivity index (χ0n) is 5.68. The molecule has 0 aromatic carbocycles. The number of nitrogens with zero attached hydrogens (tertiary/aromatic N) is 2. The van der Waals surface area contributed by atoms with Crippen LogP contribution in [-0.4, -0.2) is 21.8 Å². The Bertz CT molecular complexity index is 181. The summed E-state index contributed by atoms with van der Waals surface area (Å²) in [5, 5.41) is 6.15. The van der Waals surface area contributed by atoms with Crippen molar-refractivity contribution in [2.24, 2.45) is 5.10 Å². The fourth-order valence-corrected chi connectivity index (χ4v) is 1.20. The van der Waals surface area contributed by atoms with Crippen LogP contribution < -0.4 is 0 Å². The van der Waals surface area contributed by atoms with Crippen molar-refractivity contribution in [2.75, 3.05) is 11.0 Å². The summed E-state index contributed by atoms with van der Waals surface area (Å²) < 4.78 is 1.13. The Kier molecular flexibility index (Phi) is 3.00. The number of hydrogen-bond acceptors (Lipinski definition) is 2. The van der Waals surface area contributed by atoms with Crippen molar-refractivity contribution < 1.29 is 0 Å². The quantitative estimate of drug-likeness (QED) is 0.417. The second kappa shape index (κ2) is 3.81. The molecule has 0 spiro atoms. The van der Waals surface area contributed by atoms with Crippen molar-refractivity contribution >= 4 is 28.4 Å². The first-order valence-electron chi connectivity index (χ1n) is 3.23. The number of alkyl halides is 1. The van der Waals surface area contributed by atoms with E-state index in [0.29, 0.717) is 0 Å². The molecule has 1 rings (SSSR count). The van der Waals surface area contributed by atoms with E-state index in [4.69, 9.17) is 6.42 Å². The molecule has 0 bridgehead atoms. The van der Waals surface area contributed by atoms with E-state index in [1.165, 1.54) is 5.84 Å². The van der Waals surface area contributed by atoms with Gasteiger partial charge in [-0.05, 0) is 0 Å². The third kappa shape index (κ3) is 2.18. The lowest BCUT2D eigenvalue weighted by atomic mass is 10.3. The molecule has 0 radical (unpaired) electrons. The van der Waals surface area contributed by atoms with Gasteiger partial charge in [0.1, 0.15) is 5.84 Å². The molecule has 1 aliphatic rings. The molecule has 0 unspecified atom stereocenters. The van der Waals surface area contributed by atoms with Crippen LogP contribution in [0.4, 0.5) is 0 Å². The van der Waals surface area contributed by atoms with Crippen molar-refractivity contribution in [2.45, 2.75) is 12.8 Å². The predicted octanol–water partition coefficient (Wildman–Crippen LogP) is 1.46. The highest BCUT2D eigenvalue weighted by Gasteiger charge is 2.20. The highest BCUT2D eigenvalue weighted by molar-refractivity contribution is 14.1. The molecule has 0 aromatic rings. The van der Waals surface area contributed by atoms with Crippen LogP contribution in [-0.2, 0) is 0 Å². The Morgan fingerprint density at radius 3 is 3.10 bits per heavy atom. The first-order valence-corrected chi connectivity index (χ1v) is 4.75. The van der Waals surface area contributed by atoms with Crippen LogP contribution >= 0.6 is 22.6 Å². The van der Waals surface area contributed by atoms with E-state index in [9.17, 15) is 0 Å². The number of hydrazone groups is 1. The summed E-state index contributed by atoms with van der Waals surface area (Å²) in [5.74, 6) is 3.77. The molecule has 0 aromatic heterocycles. The Balaban J connectivity index is 2.03. The van der Waals surface area contributed by atoms with Gasteiger partial charge < -0.3 is 0 Å². The topological polar surface area (TPSA) is 15.4 Å². The summed E-state index contributed by atoms with van der Waals surface area (Å²) in [4.78, 5) is 0. The second-order valence-electron chi connectivity index (χ2n) is 2.03.